The number of nitrogens with zero attached hydrogens (tertiary/aromatic N) is 3. The van der Waals surface area contributed by atoms with Crippen molar-refractivity contribution in [3.8, 4) is 0 Å². The second kappa shape index (κ2) is 9.09. The molecule has 0 amide bonds. The molecule has 0 unspecified atom stereocenters. The molecule has 0 aromatic heterocycles. The Morgan fingerprint density at radius 1 is 1.14 bits per heavy atom. The van der Waals surface area contributed by atoms with Crippen LogP contribution in [0, 0.1) is 11.3 Å². The van der Waals surface area contributed by atoms with Gasteiger partial charge >= 0.3 is 0 Å². The lowest BCUT2D eigenvalue weighted by molar-refractivity contribution is -0.0668. The van der Waals surface area contributed by atoms with Crippen LogP contribution in [-0.4, -0.2) is 62.3 Å². The number of rotatable bonds is 4. The van der Waals surface area contributed by atoms with Gasteiger partial charge in [-0.05, 0) is 44.7 Å². The van der Waals surface area contributed by atoms with Crippen molar-refractivity contribution in [1.82, 2.24) is 14.5 Å². The molecule has 29 heavy (non-hydrogen) atoms. The van der Waals surface area contributed by atoms with Gasteiger partial charge in [-0.3, -0.25) is 4.99 Å². The smallest absolute Gasteiger partial charge is 0.243 e. The molecule has 0 aliphatic carbocycles. The van der Waals surface area contributed by atoms with Crippen molar-refractivity contribution in [1.29, 1.82) is 0 Å². The second-order valence-corrected chi connectivity index (χ2v) is 11.1. The van der Waals surface area contributed by atoms with Crippen LogP contribution in [0.1, 0.15) is 40.5 Å². The first-order valence-electron chi connectivity index (χ1n) is 10.1. The van der Waals surface area contributed by atoms with E-state index in [-0.39, 0.29) is 34.9 Å². The van der Waals surface area contributed by atoms with Crippen molar-refractivity contribution in [3.63, 3.8) is 0 Å². The molecule has 3 rings (SSSR count). The molecule has 164 valence electrons. The number of guanidine groups is 1. The number of sulfonamides is 1. The third-order valence-electron chi connectivity index (χ3n) is 6.86. The number of hydrogen-bond donors (Lipinski definition) is 1. The highest BCUT2D eigenvalue weighted by molar-refractivity contribution is 14.0. The van der Waals surface area contributed by atoms with Crippen LogP contribution in [0.5, 0.6) is 0 Å². The van der Waals surface area contributed by atoms with E-state index in [2.05, 4.69) is 42.9 Å². The lowest BCUT2D eigenvalue weighted by atomic mass is 9.65. The standard InChI is InChI=1S/C21H34N4O2S.HI/c1-20(2)16-25(21(20,3)4)19(22-5)23-15-17-11-13-24(14-12-17)28(26,27)18-9-7-6-8-10-18;/h6-10,17H,11-16H2,1-5H3,(H,22,23);1H. The van der Waals surface area contributed by atoms with Gasteiger partial charge in [-0.15, -0.1) is 24.0 Å². The van der Waals surface area contributed by atoms with Gasteiger partial charge in [0, 0.05) is 44.2 Å². The molecule has 0 radical (unpaired) electrons. The first-order valence-corrected chi connectivity index (χ1v) is 11.6. The highest BCUT2D eigenvalue weighted by Gasteiger charge is 2.53. The zero-order chi connectivity index (χ0) is 20.6. The second-order valence-electron chi connectivity index (χ2n) is 9.12. The summed E-state index contributed by atoms with van der Waals surface area (Å²) in [5, 5.41) is 3.53. The van der Waals surface area contributed by atoms with Gasteiger partial charge in [-0.25, -0.2) is 8.42 Å². The van der Waals surface area contributed by atoms with E-state index in [9.17, 15) is 8.42 Å². The summed E-state index contributed by atoms with van der Waals surface area (Å²) >= 11 is 0. The highest BCUT2D eigenvalue weighted by atomic mass is 127. The Bertz CT molecular complexity index is 816. The predicted octanol–water partition coefficient (Wildman–Crippen LogP) is 3.40. The van der Waals surface area contributed by atoms with Crippen LogP contribution >= 0.6 is 24.0 Å². The van der Waals surface area contributed by atoms with Crippen molar-refractivity contribution in [2.45, 2.75) is 51.0 Å². The average molecular weight is 535 g/mol. The van der Waals surface area contributed by atoms with Crippen LogP contribution in [0.25, 0.3) is 0 Å². The molecule has 8 heteroatoms. The van der Waals surface area contributed by atoms with E-state index < -0.39 is 10.0 Å². The Hall–Kier alpha value is -0.870. The molecular formula is C21H35IN4O2S. The SMILES string of the molecule is CN=C(NCC1CCN(S(=O)(=O)c2ccccc2)CC1)N1CC(C)(C)C1(C)C.I. The normalized spacial score (nSPS) is 22.5. The van der Waals surface area contributed by atoms with E-state index in [4.69, 9.17) is 0 Å². The minimum absolute atomic E-state index is 0. The molecule has 2 saturated heterocycles. The Kier molecular flexibility index (Phi) is 7.65. The van der Waals surface area contributed by atoms with E-state index in [1.807, 2.05) is 13.1 Å². The summed E-state index contributed by atoms with van der Waals surface area (Å²) in [7, 11) is -1.54. The molecule has 0 spiro atoms. The lowest BCUT2D eigenvalue weighted by Gasteiger charge is -2.62. The summed E-state index contributed by atoms with van der Waals surface area (Å²) < 4.78 is 27.1. The molecule has 2 aliphatic rings. The summed E-state index contributed by atoms with van der Waals surface area (Å²) in [5.74, 6) is 1.40. The Labute approximate surface area is 193 Å². The largest absolute Gasteiger partial charge is 0.356 e. The fourth-order valence-electron chi connectivity index (χ4n) is 4.03. The van der Waals surface area contributed by atoms with Crippen LogP contribution in [0.3, 0.4) is 0 Å². The minimum atomic E-state index is -3.38. The van der Waals surface area contributed by atoms with Gasteiger partial charge in [0.2, 0.25) is 10.0 Å². The molecule has 2 heterocycles. The zero-order valence-electron chi connectivity index (χ0n) is 18.2. The molecule has 1 N–H and O–H groups in total. The number of piperidine rings is 1. The topological polar surface area (TPSA) is 65.0 Å². The average Bonchev–Trinajstić information content (AvgIpc) is 2.68. The minimum Gasteiger partial charge on any atom is -0.356 e. The Morgan fingerprint density at radius 3 is 2.21 bits per heavy atom. The quantitative estimate of drug-likeness (QED) is 0.366. The zero-order valence-corrected chi connectivity index (χ0v) is 21.3. The van der Waals surface area contributed by atoms with Gasteiger partial charge in [-0.1, -0.05) is 32.0 Å². The van der Waals surface area contributed by atoms with Crippen molar-refractivity contribution >= 4 is 40.0 Å². The number of hydrogen-bond acceptors (Lipinski definition) is 3. The van der Waals surface area contributed by atoms with Crippen molar-refractivity contribution in [3.05, 3.63) is 30.3 Å². The van der Waals surface area contributed by atoms with Gasteiger partial charge in [0.1, 0.15) is 0 Å². The molecular weight excluding hydrogens is 499 g/mol. The van der Waals surface area contributed by atoms with Gasteiger partial charge in [0.05, 0.1) is 4.90 Å². The van der Waals surface area contributed by atoms with E-state index >= 15 is 0 Å². The molecule has 0 bridgehead atoms. The van der Waals surface area contributed by atoms with Crippen molar-refractivity contribution < 1.29 is 8.42 Å². The van der Waals surface area contributed by atoms with Crippen LogP contribution in [0.15, 0.2) is 40.2 Å². The number of likely N-dealkylation sites (tertiary alicyclic amines) is 1. The van der Waals surface area contributed by atoms with E-state index in [1.54, 1.807) is 28.6 Å². The molecule has 0 atom stereocenters. The monoisotopic (exact) mass is 534 g/mol. The third kappa shape index (κ3) is 4.74. The molecule has 2 fully saturated rings. The third-order valence-corrected chi connectivity index (χ3v) is 8.77. The highest BCUT2D eigenvalue weighted by Crippen LogP contribution is 2.46. The van der Waals surface area contributed by atoms with Crippen LogP contribution < -0.4 is 5.32 Å². The number of nitrogens with one attached hydrogen (secondary N) is 1. The summed E-state index contributed by atoms with van der Waals surface area (Å²) in [6, 6.07) is 8.72. The fourth-order valence-corrected chi connectivity index (χ4v) is 5.52. The van der Waals surface area contributed by atoms with E-state index in [1.165, 1.54) is 0 Å². The van der Waals surface area contributed by atoms with Gasteiger partial charge in [0.25, 0.3) is 0 Å². The number of halogens is 1. The lowest BCUT2D eigenvalue weighted by Crippen LogP contribution is -2.72. The maximum absolute atomic E-state index is 12.8. The number of benzene rings is 1. The van der Waals surface area contributed by atoms with Crippen molar-refractivity contribution in [2.75, 3.05) is 33.2 Å². The first kappa shape index (κ1) is 24.4. The summed E-state index contributed by atoms with van der Waals surface area (Å²) in [4.78, 5) is 7.19. The van der Waals surface area contributed by atoms with E-state index in [0.29, 0.717) is 23.9 Å². The predicted molar refractivity (Wildman–Crippen MR) is 129 cm³/mol. The first-order chi connectivity index (χ1) is 13.1. The molecule has 0 saturated carbocycles. The fraction of sp³-hybridized carbons (Fsp3) is 0.667. The van der Waals surface area contributed by atoms with Crippen LogP contribution in [0.2, 0.25) is 0 Å². The summed E-state index contributed by atoms with van der Waals surface area (Å²) in [5.41, 5.74) is 0.337. The Balaban J connectivity index is 0.00000300. The maximum Gasteiger partial charge on any atom is 0.243 e. The summed E-state index contributed by atoms with van der Waals surface area (Å²) in [6.07, 6.45) is 1.73. The summed E-state index contributed by atoms with van der Waals surface area (Å²) in [6.45, 7) is 12.1. The van der Waals surface area contributed by atoms with Crippen molar-refractivity contribution in [2.24, 2.45) is 16.3 Å². The van der Waals surface area contributed by atoms with Gasteiger partial charge < -0.3 is 10.2 Å². The molecule has 2 aliphatic heterocycles. The maximum atomic E-state index is 12.8. The van der Waals surface area contributed by atoms with E-state index in [0.717, 1.165) is 31.9 Å². The number of aliphatic imine (C=N–C) groups is 1. The molecule has 6 nitrogen and oxygen atoms in total. The molecule has 1 aromatic rings. The Morgan fingerprint density at radius 2 is 1.72 bits per heavy atom. The molecule has 1 aromatic carbocycles. The van der Waals surface area contributed by atoms with Crippen LogP contribution in [0.4, 0.5) is 0 Å². The van der Waals surface area contributed by atoms with Crippen LogP contribution in [-0.2, 0) is 10.0 Å². The van der Waals surface area contributed by atoms with Gasteiger partial charge in [-0.2, -0.15) is 4.31 Å². The van der Waals surface area contributed by atoms with Gasteiger partial charge in [0.15, 0.2) is 5.96 Å².